The van der Waals surface area contributed by atoms with Crippen LogP contribution in [0, 0.1) is 0 Å². The molecule has 1 aliphatic rings. The Morgan fingerprint density at radius 3 is 2.71 bits per heavy atom. The Morgan fingerprint density at radius 1 is 1.29 bits per heavy atom. The maximum Gasteiger partial charge on any atom is 0.263 e. The Hall–Kier alpha value is -1.90. The standard InChI is InChI=1S/C20H20N2O3S3/c1-2-10-22-19(23)17-16(14-8-9-14)13-27-18(17)21-20(22)26-11-12-28(24,25)15-6-4-3-5-7-15/h2-7,13-14H,1,8-12H2. The largest absolute Gasteiger partial charge is 0.283 e. The van der Waals surface area contributed by atoms with Gasteiger partial charge in [-0.25, -0.2) is 13.4 Å². The number of allylic oxidation sites excluding steroid dienone is 1. The first-order valence-corrected chi connectivity index (χ1v) is 12.6. The normalized spacial score (nSPS) is 14.4. The molecule has 0 radical (unpaired) electrons. The smallest absolute Gasteiger partial charge is 0.263 e. The van der Waals surface area contributed by atoms with Gasteiger partial charge in [-0.1, -0.05) is 36.0 Å². The topological polar surface area (TPSA) is 69.0 Å². The lowest BCUT2D eigenvalue weighted by Gasteiger charge is -2.11. The van der Waals surface area contributed by atoms with E-state index in [1.807, 2.05) is 5.38 Å². The summed E-state index contributed by atoms with van der Waals surface area (Å²) >= 11 is 2.79. The number of benzene rings is 1. The van der Waals surface area contributed by atoms with Gasteiger partial charge in [0.1, 0.15) is 4.83 Å². The highest BCUT2D eigenvalue weighted by Crippen LogP contribution is 2.44. The van der Waals surface area contributed by atoms with E-state index in [1.54, 1.807) is 41.0 Å². The molecule has 1 fully saturated rings. The van der Waals surface area contributed by atoms with Crippen molar-refractivity contribution >= 4 is 43.2 Å². The molecule has 2 heterocycles. The highest BCUT2D eigenvalue weighted by Gasteiger charge is 2.28. The third kappa shape index (κ3) is 3.81. The van der Waals surface area contributed by atoms with E-state index in [1.165, 1.54) is 23.1 Å². The van der Waals surface area contributed by atoms with Crippen molar-refractivity contribution in [3.63, 3.8) is 0 Å². The Bertz CT molecular complexity index is 1180. The van der Waals surface area contributed by atoms with Crippen LogP contribution in [0.1, 0.15) is 24.3 Å². The lowest BCUT2D eigenvalue weighted by molar-refractivity contribution is 0.597. The van der Waals surface area contributed by atoms with Crippen LogP contribution in [-0.2, 0) is 16.4 Å². The van der Waals surface area contributed by atoms with Crippen molar-refractivity contribution in [2.75, 3.05) is 11.5 Å². The average molecular weight is 433 g/mol. The van der Waals surface area contributed by atoms with Crippen LogP contribution < -0.4 is 5.56 Å². The Kier molecular flexibility index (Phi) is 5.44. The second-order valence-electron chi connectivity index (χ2n) is 6.72. The zero-order valence-electron chi connectivity index (χ0n) is 15.2. The molecule has 146 valence electrons. The fourth-order valence-electron chi connectivity index (χ4n) is 3.11. The van der Waals surface area contributed by atoms with Gasteiger partial charge in [-0.2, -0.15) is 0 Å². The molecule has 0 unspecified atom stereocenters. The number of aromatic nitrogens is 2. The summed E-state index contributed by atoms with van der Waals surface area (Å²) in [5, 5.41) is 3.31. The lowest BCUT2D eigenvalue weighted by Crippen LogP contribution is -2.23. The van der Waals surface area contributed by atoms with Gasteiger partial charge < -0.3 is 0 Å². The predicted molar refractivity (Wildman–Crippen MR) is 115 cm³/mol. The third-order valence-corrected chi connectivity index (χ3v) is 8.56. The maximum atomic E-state index is 13.1. The number of hydrogen-bond acceptors (Lipinski definition) is 6. The number of hydrogen-bond donors (Lipinski definition) is 0. The van der Waals surface area contributed by atoms with E-state index in [2.05, 4.69) is 11.6 Å². The first-order chi connectivity index (χ1) is 13.5. The van der Waals surface area contributed by atoms with Gasteiger partial charge in [0, 0.05) is 12.3 Å². The molecule has 5 nitrogen and oxygen atoms in total. The SMILES string of the molecule is C=CCn1c(SCCS(=O)(=O)c2ccccc2)nc2scc(C3CC3)c2c1=O. The maximum absolute atomic E-state index is 13.1. The monoisotopic (exact) mass is 432 g/mol. The van der Waals surface area contributed by atoms with Gasteiger partial charge in [0.15, 0.2) is 15.0 Å². The van der Waals surface area contributed by atoms with Gasteiger partial charge in [0.25, 0.3) is 5.56 Å². The van der Waals surface area contributed by atoms with Gasteiger partial charge in [-0.3, -0.25) is 9.36 Å². The molecule has 0 amide bonds. The first-order valence-electron chi connectivity index (χ1n) is 9.04. The van der Waals surface area contributed by atoms with Crippen molar-refractivity contribution in [3.8, 4) is 0 Å². The van der Waals surface area contributed by atoms with E-state index in [-0.39, 0.29) is 11.3 Å². The van der Waals surface area contributed by atoms with E-state index in [0.29, 0.717) is 28.3 Å². The van der Waals surface area contributed by atoms with E-state index in [9.17, 15) is 13.2 Å². The summed E-state index contributed by atoms with van der Waals surface area (Å²) < 4.78 is 26.6. The molecule has 0 aliphatic heterocycles. The molecule has 0 N–H and O–H groups in total. The summed E-state index contributed by atoms with van der Waals surface area (Å²) in [6.45, 7) is 4.10. The summed E-state index contributed by atoms with van der Waals surface area (Å²) in [5.41, 5.74) is 1.06. The molecule has 2 aromatic heterocycles. The number of sulfone groups is 1. The van der Waals surface area contributed by atoms with Crippen LogP contribution in [0.2, 0.25) is 0 Å². The van der Waals surface area contributed by atoms with Crippen molar-refractivity contribution in [3.05, 3.63) is 64.3 Å². The molecule has 4 rings (SSSR count). The summed E-state index contributed by atoms with van der Waals surface area (Å²) in [4.78, 5) is 18.8. The molecule has 0 spiro atoms. The molecule has 0 saturated heterocycles. The van der Waals surface area contributed by atoms with Crippen LogP contribution in [-0.4, -0.2) is 29.5 Å². The van der Waals surface area contributed by atoms with E-state index in [4.69, 9.17) is 0 Å². The highest BCUT2D eigenvalue weighted by atomic mass is 32.2. The van der Waals surface area contributed by atoms with E-state index < -0.39 is 9.84 Å². The highest BCUT2D eigenvalue weighted by molar-refractivity contribution is 8.00. The molecule has 1 saturated carbocycles. The minimum atomic E-state index is -3.36. The Morgan fingerprint density at radius 2 is 2.04 bits per heavy atom. The van der Waals surface area contributed by atoms with Crippen molar-refractivity contribution in [2.45, 2.75) is 35.4 Å². The van der Waals surface area contributed by atoms with Gasteiger partial charge >= 0.3 is 0 Å². The molecular formula is C20H20N2O3S3. The minimum Gasteiger partial charge on any atom is -0.283 e. The number of nitrogens with zero attached hydrogens (tertiary/aromatic N) is 2. The molecular weight excluding hydrogens is 412 g/mol. The second kappa shape index (κ2) is 7.85. The van der Waals surface area contributed by atoms with Gasteiger partial charge in [-0.15, -0.1) is 17.9 Å². The summed E-state index contributed by atoms with van der Waals surface area (Å²) in [7, 11) is -3.36. The minimum absolute atomic E-state index is 0.0125. The Balaban J connectivity index is 1.60. The number of rotatable bonds is 8. The molecule has 3 aromatic rings. The first kappa shape index (κ1) is 19.4. The van der Waals surface area contributed by atoms with E-state index >= 15 is 0 Å². The summed E-state index contributed by atoms with van der Waals surface area (Å²) in [6, 6.07) is 8.42. The molecule has 0 bridgehead atoms. The fourth-order valence-corrected chi connectivity index (χ4v) is 6.85. The quantitative estimate of drug-likeness (QED) is 0.305. The fraction of sp³-hybridized carbons (Fsp3) is 0.300. The van der Waals surface area contributed by atoms with Crippen LogP contribution >= 0.6 is 23.1 Å². The van der Waals surface area contributed by atoms with Gasteiger partial charge in [0.05, 0.1) is 16.0 Å². The summed E-state index contributed by atoms with van der Waals surface area (Å²) in [6.07, 6.45) is 3.92. The summed E-state index contributed by atoms with van der Waals surface area (Å²) in [5.74, 6) is 0.796. The van der Waals surface area contributed by atoms with E-state index in [0.717, 1.165) is 28.6 Å². The Labute approximate surface area is 172 Å². The zero-order chi connectivity index (χ0) is 19.7. The van der Waals surface area contributed by atoms with Gasteiger partial charge in [-0.05, 0) is 41.8 Å². The number of thiophene rings is 1. The van der Waals surface area contributed by atoms with Gasteiger partial charge in [0.2, 0.25) is 0 Å². The lowest BCUT2D eigenvalue weighted by atomic mass is 10.1. The molecule has 1 aliphatic carbocycles. The number of fused-ring (bicyclic) bond motifs is 1. The molecule has 8 heteroatoms. The van der Waals surface area contributed by atoms with Crippen molar-refractivity contribution in [1.29, 1.82) is 0 Å². The van der Waals surface area contributed by atoms with Crippen LogP contribution in [0.3, 0.4) is 0 Å². The molecule has 28 heavy (non-hydrogen) atoms. The van der Waals surface area contributed by atoms with Crippen molar-refractivity contribution in [1.82, 2.24) is 9.55 Å². The van der Waals surface area contributed by atoms with Crippen molar-refractivity contribution < 1.29 is 8.42 Å². The zero-order valence-corrected chi connectivity index (χ0v) is 17.7. The molecule has 0 atom stereocenters. The van der Waals surface area contributed by atoms with Crippen LogP contribution in [0.15, 0.2) is 63.2 Å². The van der Waals surface area contributed by atoms with Crippen molar-refractivity contribution in [2.24, 2.45) is 0 Å². The van der Waals surface area contributed by atoms with Crippen LogP contribution in [0.4, 0.5) is 0 Å². The van der Waals surface area contributed by atoms with Crippen LogP contribution in [0.25, 0.3) is 10.2 Å². The average Bonchev–Trinajstić information content (AvgIpc) is 3.45. The third-order valence-electron chi connectivity index (χ3n) is 4.70. The second-order valence-corrected chi connectivity index (χ2v) is 10.8. The molecule has 1 aromatic carbocycles. The number of thioether (sulfide) groups is 1. The van der Waals surface area contributed by atoms with Crippen LogP contribution in [0.5, 0.6) is 0 Å². The predicted octanol–water partition coefficient (Wildman–Crippen LogP) is 4.09.